The Morgan fingerprint density at radius 3 is 2.71 bits per heavy atom. The van der Waals surface area contributed by atoms with Crippen LogP contribution in [0, 0.1) is 0 Å². The third kappa shape index (κ3) is 4.04. The molecular formula is C24H25N5O3S2. The number of aromatic nitrogens is 4. The van der Waals surface area contributed by atoms with Gasteiger partial charge in [-0.25, -0.2) is 8.42 Å². The lowest BCUT2D eigenvalue weighted by molar-refractivity contribution is 0.0730. The molecule has 4 aromatic rings. The highest BCUT2D eigenvalue weighted by Gasteiger charge is 2.31. The smallest absolute Gasteiger partial charge is 0.243 e. The van der Waals surface area contributed by atoms with E-state index in [9.17, 15) is 8.42 Å². The monoisotopic (exact) mass is 495 g/mol. The van der Waals surface area contributed by atoms with E-state index in [1.807, 2.05) is 30.5 Å². The first-order valence-electron chi connectivity index (χ1n) is 11.4. The highest BCUT2D eigenvalue weighted by atomic mass is 32.2. The maximum absolute atomic E-state index is 13.0. The summed E-state index contributed by atoms with van der Waals surface area (Å²) in [6, 6.07) is 15.8. The van der Waals surface area contributed by atoms with E-state index >= 15 is 0 Å². The second kappa shape index (κ2) is 8.84. The molecule has 1 N–H and O–H groups in total. The minimum absolute atomic E-state index is 0.329. The van der Waals surface area contributed by atoms with Gasteiger partial charge < -0.3 is 9.72 Å². The third-order valence-electron chi connectivity index (χ3n) is 6.28. The summed E-state index contributed by atoms with van der Waals surface area (Å²) in [5.41, 5.74) is 3.08. The topological polar surface area (TPSA) is 93.1 Å². The zero-order valence-electron chi connectivity index (χ0n) is 18.6. The van der Waals surface area contributed by atoms with Gasteiger partial charge >= 0.3 is 0 Å². The highest BCUT2D eigenvalue weighted by Crippen LogP contribution is 2.42. The van der Waals surface area contributed by atoms with Crippen LogP contribution in [0.1, 0.15) is 24.4 Å². The number of aromatic amines is 1. The Morgan fingerprint density at radius 1 is 1.06 bits per heavy atom. The van der Waals surface area contributed by atoms with Gasteiger partial charge in [-0.05, 0) is 36.6 Å². The molecule has 2 aromatic carbocycles. The van der Waals surface area contributed by atoms with Crippen molar-refractivity contribution in [1.82, 2.24) is 24.1 Å². The molecule has 0 spiro atoms. The Kier molecular flexibility index (Phi) is 5.68. The van der Waals surface area contributed by atoms with E-state index in [-0.39, 0.29) is 0 Å². The van der Waals surface area contributed by atoms with Crippen molar-refractivity contribution in [1.29, 1.82) is 0 Å². The van der Waals surface area contributed by atoms with Crippen LogP contribution >= 0.6 is 11.8 Å². The number of fused-ring (bicyclic) bond motifs is 1. The molecule has 1 aliphatic heterocycles. The van der Waals surface area contributed by atoms with Gasteiger partial charge in [0.25, 0.3) is 0 Å². The van der Waals surface area contributed by atoms with Gasteiger partial charge in [-0.2, -0.15) is 4.31 Å². The second-order valence-electron chi connectivity index (χ2n) is 8.61. The Morgan fingerprint density at radius 2 is 1.88 bits per heavy atom. The molecule has 1 saturated carbocycles. The van der Waals surface area contributed by atoms with Crippen LogP contribution in [0.4, 0.5) is 0 Å². The van der Waals surface area contributed by atoms with E-state index in [1.165, 1.54) is 4.31 Å². The van der Waals surface area contributed by atoms with Crippen LogP contribution in [0.2, 0.25) is 0 Å². The molecule has 176 valence electrons. The summed E-state index contributed by atoms with van der Waals surface area (Å²) in [6.07, 6.45) is 4.24. The Bertz CT molecular complexity index is 1440. The third-order valence-corrected chi connectivity index (χ3v) is 9.19. The van der Waals surface area contributed by atoms with E-state index in [4.69, 9.17) is 4.74 Å². The summed E-state index contributed by atoms with van der Waals surface area (Å²) >= 11 is 1.60. The van der Waals surface area contributed by atoms with Gasteiger partial charge in [0.2, 0.25) is 10.0 Å². The molecule has 2 aliphatic rings. The minimum Gasteiger partial charge on any atom is -0.379 e. The van der Waals surface area contributed by atoms with Crippen LogP contribution in [-0.2, 0) is 20.5 Å². The first-order chi connectivity index (χ1) is 16.6. The molecule has 3 heterocycles. The number of morpholine rings is 1. The van der Waals surface area contributed by atoms with Crippen LogP contribution in [0.25, 0.3) is 22.3 Å². The lowest BCUT2D eigenvalue weighted by Gasteiger charge is -2.26. The van der Waals surface area contributed by atoms with Gasteiger partial charge in [-0.15, -0.1) is 10.2 Å². The summed E-state index contributed by atoms with van der Waals surface area (Å²) in [5.74, 6) is 1.50. The van der Waals surface area contributed by atoms with Crippen molar-refractivity contribution in [2.24, 2.45) is 0 Å². The van der Waals surface area contributed by atoms with Crippen LogP contribution < -0.4 is 0 Å². The fourth-order valence-electron chi connectivity index (χ4n) is 4.36. The molecule has 34 heavy (non-hydrogen) atoms. The molecule has 0 unspecified atom stereocenters. The standard InChI is InChI=1S/C24H25N5O3S2/c30-34(31,28-10-12-32-13-11-28)19-5-3-4-17(14-19)16-33-24-27-26-23(29(24)18-8-9-18)21-15-25-22-7-2-1-6-20(21)22/h1-7,14-15,18,25H,8-13,16H2. The van der Waals surface area contributed by atoms with Crippen molar-refractivity contribution in [2.45, 2.75) is 34.7 Å². The Balaban J connectivity index is 1.25. The van der Waals surface area contributed by atoms with Crippen molar-refractivity contribution in [3.05, 3.63) is 60.3 Å². The van der Waals surface area contributed by atoms with E-state index in [2.05, 4.69) is 31.9 Å². The summed E-state index contributed by atoms with van der Waals surface area (Å²) in [4.78, 5) is 3.66. The summed E-state index contributed by atoms with van der Waals surface area (Å²) in [7, 11) is -3.52. The van der Waals surface area contributed by atoms with Crippen molar-refractivity contribution in [3.63, 3.8) is 0 Å². The zero-order valence-corrected chi connectivity index (χ0v) is 20.2. The van der Waals surface area contributed by atoms with E-state index in [0.29, 0.717) is 43.0 Å². The van der Waals surface area contributed by atoms with Crippen LogP contribution in [-0.4, -0.2) is 58.8 Å². The van der Waals surface area contributed by atoms with Crippen molar-refractivity contribution < 1.29 is 13.2 Å². The lowest BCUT2D eigenvalue weighted by Crippen LogP contribution is -2.40. The number of hydrogen-bond donors (Lipinski definition) is 1. The normalized spacial score (nSPS) is 17.4. The van der Waals surface area contributed by atoms with Gasteiger partial charge in [0.15, 0.2) is 11.0 Å². The first-order valence-corrected chi connectivity index (χ1v) is 13.8. The van der Waals surface area contributed by atoms with E-state index in [0.717, 1.165) is 45.9 Å². The number of H-pyrrole nitrogens is 1. The Hall–Kier alpha value is -2.66. The lowest BCUT2D eigenvalue weighted by atomic mass is 10.1. The quantitative estimate of drug-likeness (QED) is 0.389. The minimum atomic E-state index is -3.52. The van der Waals surface area contributed by atoms with Crippen molar-refractivity contribution in [2.75, 3.05) is 26.3 Å². The summed E-state index contributed by atoms with van der Waals surface area (Å²) < 4.78 is 35.1. The number of nitrogens with zero attached hydrogens (tertiary/aromatic N) is 4. The highest BCUT2D eigenvalue weighted by molar-refractivity contribution is 7.98. The largest absolute Gasteiger partial charge is 0.379 e. The zero-order chi connectivity index (χ0) is 23.1. The number of benzene rings is 2. The number of rotatable bonds is 7. The number of nitrogens with one attached hydrogen (secondary N) is 1. The average Bonchev–Trinajstić information content (AvgIpc) is 3.49. The molecule has 2 aromatic heterocycles. The SMILES string of the molecule is O=S(=O)(c1cccc(CSc2nnc(-c3c[nH]c4ccccc34)n2C2CC2)c1)N1CCOCC1. The van der Waals surface area contributed by atoms with Crippen LogP contribution in [0.3, 0.4) is 0 Å². The maximum Gasteiger partial charge on any atom is 0.243 e. The Labute approximate surface area is 202 Å². The number of para-hydroxylation sites is 1. The fraction of sp³-hybridized carbons (Fsp3) is 0.333. The molecule has 1 aliphatic carbocycles. The van der Waals surface area contributed by atoms with E-state index in [1.54, 1.807) is 23.9 Å². The molecule has 0 amide bonds. The summed E-state index contributed by atoms with van der Waals surface area (Å²) in [5, 5.41) is 11.1. The number of sulfonamides is 1. The van der Waals surface area contributed by atoms with Crippen LogP contribution in [0.15, 0.2) is 64.8 Å². The molecular weight excluding hydrogens is 470 g/mol. The number of ether oxygens (including phenoxy) is 1. The molecule has 0 radical (unpaired) electrons. The first kappa shape index (κ1) is 21.8. The molecule has 10 heteroatoms. The second-order valence-corrected chi connectivity index (χ2v) is 11.5. The molecule has 8 nitrogen and oxygen atoms in total. The average molecular weight is 496 g/mol. The molecule has 0 bridgehead atoms. The van der Waals surface area contributed by atoms with Crippen molar-refractivity contribution >= 4 is 32.7 Å². The van der Waals surface area contributed by atoms with Gasteiger partial charge in [0, 0.05) is 47.5 Å². The fourth-order valence-corrected chi connectivity index (χ4v) is 6.78. The van der Waals surface area contributed by atoms with Crippen molar-refractivity contribution in [3.8, 4) is 11.4 Å². The van der Waals surface area contributed by atoms with Gasteiger partial charge in [0.1, 0.15) is 0 Å². The van der Waals surface area contributed by atoms with Crippen LogP contribution in [0.5, 0.6) is 0 Å². The molecule has 2 fully saturated rings. The predicted molar refractivity (Wildman–Crippen MR) is 131 cm³/mol. The predicted octanol–water partition coefficient (Wildman–Crippen LogP) is 4.07. The molecule has 6 rings (SSSR count). The maximum atomic E-state index is 13.0. The van der Waals surface area contributed by atoms with Gasteiger partial charge in [0.05, 0.1) is 18.1 Å². The molecule has 1 saturated heterocycles. The number of thioether (sulfide) groups is 1. The summed E-state index contributed by atoms with van der Waals surface area (Å²) in [6.45, 7) is 1.65. The van der Waals surface area contributed by atoms with Gasteiger partial charge in [-0.3, -0.25) is 4.57 Å². The van der Waals surface area contributed by atoms with E-state index < -0.39 is 10.0 Å². The number of hydrogen-bond acceptors (Lipinski definition) is 6. The molecule has 0 atom stereocenters. The van der Waals surface area contributed by atoms with Gasteiger partial charge in [-0.1, -0.05) is 42.1 Å².